The molecule has 0 aliphatic heterocycles. The molecule has 0 radical (unpaired) electrons. The van der Waals surface area contributed by atoms with Crippen LogP contribution in [0.5, 0.6) is 0 Å². The van der Waals surface area contributed by atoms with Gasteiger partial charge in [0.05, 0.1) is 17.2 Å². The summed E-state index contributed by atoms with van der Waals surface area (Å²) in [5, 5.41) is 7.77. The Morgan fingerprint density at radius 3 is 2.59 bits per heavy atom. The molecule has 2 N–H and O–H groups in total. The highest BCUT2D eigenvalue weighted by Gasteiger charge is 2.12. The van der Waals surface area contributed by atoms with Crippen LogP contribution in [0.3, 0.4) is 0 Å². The minimum atomic E-state index is -0.438. The molecule has 0 heterocycles. The summed E-state index contributed by atoms with van der Waals surface area (Å²) >= 11 is 19.1. The van der Waals surface area contributed by atoms with E-state index in [1.165, 1.54) is 5.56 Å². The number of hydrogen-bond acceptors (Lipinski definition) is 4. The van der Waals surface area contributed by atoms with E-state index in [-0.39, 0.29) is 0 Å². The third-order valence-corrected chi connectivity index (χ3v) is 5.28. The molecule has 0 spiro atoms. The van der Waals surface area contributed by atoms with Crippen LogP contribution in [0.25, 0.3) is 0 Å². The summed E-state index contributed by atoms with van der Waals surface area (Å²) in [5.41, 5.74) is 2.28. The predicted molar refractivity (Wildman–Crippen MR) is 119 cm³/mol. The van der Waals surface area contributed by atoms with Crippen LogP contribution < -0.4 is 10.6 Å². The number of anilines is 1. The SMILES string of the molecule is CCOC(=O)c1ccc(NC(=S)NCCSCc2ccc(Cl)cc2)cc1Cl. The first-order chi connectivity index (χ1) is 13.0. The van der Waals surface area contributed by atoms with Gasteiger partial charge in [-0.2, -0.15) is 11.8 Å². The van der Waals surface area contributed by atoms with Crippen molar-refractivity contribution in [1.29, 1.82) is 0 Å². The van der Waals surface area contributed by atoms with Crippen LogP contribution in [0.4, 0.5) is 5.69 Å². The van der Waals surface area contributed by atoms with E-state index in [1.54, 1.807) is 25.1 Å². The summed E-state index contributed by atoms with van der Waals surface area (Å²) in [7, 11) is 0. The summed E-state index contributed by atoms with van der Waals surface area (Å²) in [6.07, 6.45) is 0. The fourth-order valence-corrected chi connectivity index (χ4v) is 3.57. The van der Waals surface area contributed by atoms with Gasteiger partial charge in [0.1, 0.15) is 0 Å². The molecule has 2 aromatic rings. The van der Waals surface area contributed by atoms with Crippen molar-refractivity contribution >= 4 is 64.0 Å². The van der Waals surface area contributed by atoms with Crippen molar-refractivity contribution in [2.24, 2.45) is 0 Å². The molecular weight excluding hydrogens is 423 g/mol. The predicted octanol–water partition coefficient (Wildman–Crippen LogP) is 5.39. The number of ether oxygens (including phenoxy) is 1. The van der Waals surface area contributed by atoms with Gasteiger partial charge in [0.25, 0.3) is 0 Å². The van der Waals surface area contributed by atoms with Crippen molar-refractivity contribution in [2.45, 2.75) is 12.7 Å². The lowest BCUT2D eigenvalue weighted by Gasteiger charge is -2.12. The Bertz CT molecular complexity index is 786. The molecule has 0 fully saturated rings. The molecule has 2 rings (SSSR count). The number of nitrogens with one attached hydrogen (secondary N) is 2. The Hall–Kier alpha value is -1.47. The summed E-state index contributed by atoms with van der Waals surface area (Å²) in [6, 6.07) is 12.9. The lowest BCUT2D eigenvalue weighted by atomic mass is 10.2. The maximum atomic E-state index is 11.7. The van der Waals surface area contributed by atoms with Gasteiger partial charge in [-0.15, -0.1) is 0 Å². The molecule has 0 aliphatic rings. The number of hydrogen-bond donors (Lipinski definition) is 2. The van der Waals surface area contributed by atoms with Crippen LogP contribution >= 0.6 is 47.2 Å². The number of rotatable bonds is 8. The normalized spacial score (nSPS) is 10.3. The van der Waals surface area contributed by atoms with Crippen LogP contribution in [0, 0.1) is 0 Å². The highest BCUT2D eigenvalue weighted by molar-refractivity contribution is 7.98. The zero-order chi connectivity index (χ0) is 19.6. The first kappa shape index (κ1) is 21.8. The van der Waals surface area contributed by atoms with E-state index >= 15 is 0 Å². The Morgan fingerprint density at radius 2 is 1.93 bits per heavy atom. The van der Waals surface area contributed by atoms with E-state index in [2.05, 4.69) is 10.6 Å². The van der Waals surface area contributed by atoms with Gasteiger partial charge >= 0.3 is 5.97 Å². The van der Waals surface area contributed by atoms with Gasteiger partial charge in [-0.25, -0.2) is 4.79 Å². The number of carbonyl (C=O) groups is 1. The van der Waals surface area contributed by atoms with Crippen molar-refractivity contribution in [1.82, 2.24) is 5.32 Å². The third-order valence-electron chi connectivity index (χ3n) is 3.44. The summed E-state index contributed by atoms with van der Waals surface area (Å²) in [6.45, 7) is 2.79. The van der Waals surface area contributed by atoms with E-state index in [0.29, 0.717) is 28.0 Å². The Kier molecular flexibility index (Phi) is 9.21. The molecule has 0 saturated heterocycles. The number of esters is 1. The minimum Gasteiger partial charge on any atom is -0.462 e. The summed E-state index contributed by atoms with van der Waals surface area (Å²) in [4.78, 5) is 11.7. The zero-order valence-corrected chi connectivity index (χ0v) is 17.9. The molecule has 2 aromatic carbocycles. The summed E-state index contributed by atoms with van der Waals surface area (Å²) in [5.74, 6) is 1.39. The molecule has 8 heteroatoms. The maximum Gasteiger partial charge on any atom is 0.339 e. The number of thiocarbonyl (C=S) groups is 1. The number of carbonyl (C=O) groups excluding carboxylic acids is 1. The minimum absolute atomic E-state index is 0.305. The molecular formula is C19H20Cl2N2O2S2. The van der Waals surface area contributed by atoms with Gasteiger partial charge in [-0.3, -0.25) is 0 Å². The smallest absolute Gasteiger partial charge is 0.339 e. The first-order valence-electron chi connectivity index (χ1n) is 8.33. The molecule has 0 saturated carbocycles. The van der Waals surface area contributed by atoms with Crippen molar-refractivity contribution in [3.63, 3.8) is 0 Å². The zero-order valence-electron chi connectivity index (χ0n) is 14.8. The second-order valence-corrected chi connectivity index (χ2v) is 7.83. The van der Waals surface area contributed by atoms with Crippen molar-refractivity contribution in [2.75, 3.05) is 24.2 Å². The summed E-state index contributed by atoms with van der Waals surface area (Å²) < 4.78 is 4.95. The van der Waals surface area contributed by atoms with Gasteiger partial charge in [-0.05, 0) is 55.0 Å². The lowest BCUT2D eigenvalue weighted by molar-refractivity contribution is 0.0526. The van der Waals surface area contributed by atoms with Crippen molar-refractivity contribution in [3.05, 3.63) is 63.6 Å². The van der Waals surface area contributed by atoms with Gasteiger partial charge in [0.15, 0.2) is 5.11 Å². The van der Waals surface area contributed by atoms with Crippen molar-refractivity contribution in [3.8, 4) is 0 Å². The molecule has 0 amide bonds. The average molecular weight is 443 g/mol. The highest BCUT2D eigenvalue weighted by atomic mass is 35.5. The Labute approximate surface area is 179 Å². The van der Waals surface area contributed by atoms with E-state index < -0.39 is 5.97 Å². The maximum absolute atomic E-state index is 11.7. The molecule has 27 heavy (non-hydrogen) atoms. The second-order valence-electron chi connectivity index (χ2n) is 5.48. The van der Waals surface area contributed by atoms with Gasteiger partial charge in [0, 0.05) is 28.8 Å². The molecule has 144 valence electrons. The van der Waals surface area contributed by atoms with E-state index in [0.717, 1.165) is 23.1 Å². The van der Waals surface area contributed by atoms with Gasteiger partial charge < -0.3 is 15.4 Å². The Morgan fingerprint density at radius 1 is 1.19 bits per heavy atom. The van der Waals surface area contributed by atoms with Gasteiger partial charge in [-0.1, -0.05) is 35.3 Å². The Balaban J connectivity index is 1.71. The van der Waals surface area contributed by atoms with E-state index in [1.807, 2.05) is 36.0 Å². The van der Waals surface area contributed by atoms with E-state index in [4.69, 9.17) is 40.2 Å². The largest absolute Gasteiger partial charge is 0.462 e. The van der Waals surface area contributed by atoms with Gasteiger partial charge in [0.2, 0.25) is 0 Å². The van der Waals surface area contributed by atoms with Crippen molar-refractivity contribution < 1.29 is 9.53 Å². The molecule has 0 bridgehead atoms. The van der Waals surface area contributed by atoms with Crippen LogP contribution in [0.1, 0.15) is 22.8 Å². The monoisotopic (exact) mass is 442 g/mol. The number of benzene rings is 2. The molecule has 4 nitrogen and oxygen atoms in total. The first-order valence-corrected chi connectivity index (χ1v) is 10.6. The van der Waals surface area contributed by atoms with E-state index in [9.17, 15) is 4.79 Å². The topological polar surface area (TPSA) is 50.4 Å². The van der Waals surface area contributed by atoms with Crippen LogP contribution in [0.2, 0.25) is 10.0 Å². The standard InChI is InChI=1S/C19H20Cl2N2O2S2/c1-2-25-18(24)16-8-7-15(11-17(16)21)23-19(26)22-9-10-27-12-13-3-5-14(20)6-4-13/h3-8,11H,2,9-10,12H2,1H3,(H2,22,23,26). The number of thioether (sulfide) groups is 1. The molecule has 0 atom stereocenters. The van der Waals surface area contributed by atoms with Crippen LogP contribution in [-0.4, -0.2) is 30.0 Å². The average Bonchev–Trinajstić information content (AvgIpc) is 2.63. The molecule has 0 aromatic heterocycles. The van der Waals surface area contributed by atoms with Crippen LogP contribution in [0.15, 0.2) is 42.5 Å². The molecule has 0 aliphatic carbocycles. The second kappa shape index (κ2) is 11.4. The number of halogens is 2. The third kappa shape index (κ3) is 7.58. The quantitative estimate of drug-likeness (QED) is 0.324. The highest BCUT2D eigenvalue weighted by Crippen LogP contribution is 2.22. The fraction of sp³-hybridized carbons (Fsp3) is 0.263. The van der Waals surface area contributed by atoms with Crippen LogP contribution in [-0.2, 0) is 10.5 Å². The molecule has 0 unspecified atom stereocenters. The fourth-order valence-electron chi connectivity index (χ4n) is 2.15. The lowest BCUT2D eigenvalue weighted by Crippen LogP contribution is -2.30.